The molecule has 0 aliphatic heterocycles. The first-order valence-electron chi connectivity index (χ1n) is 5.31. The van der Waals surface area contributed by atoms with Crippen LogP contribution in [0.5, 0.6) is 0 Å². The molecule has 0 atom stereocenters. The van der Waals surface area contributed by atoms with Crippen molar-refractivity contribution < 1.29 is 0 Å². The lowest BCUT2D eigenvalue weighted by Crippen LogP contribution is -2.04. The molecule has 90 valence electrons. The molecule has 2 N–H and O–H groups in total. The van der Waals surface area contributed by atoms with Gasteiger partial charge in [0.05, 0.1) is 6.54 Å². The van der Waals surface area contributed by atoms with Crippen molar-refractivity contribution in [3.05, 3.63) is 33.2 Å². The van der Waals surface area contributed by atoms with E-state index in [-0.39, 0.29) is 0 Å². The Kier molecular flexibility index (Phi) is 4.33. The van der Waals surface area contributed by atoms with Crippen LogP contribution in [0.1, 0.15) is 11.8 Å². The molecule has 2 heterocycles. The zero-order chi connectivity index (χ0) is 12.1. The zero-order valence-electron chi connectivity index (χ0n) is 9.40. The van der Waals surface area contributed by atoms with Gasteiger partial charge in [-0.2, -0.15) is 0 Å². The molecule has 0 aliphatic carbocycles. The van der Waals surface area contributed by atoms with Gasteiger partial charge in [-0.25, -0.2) is 9.97 Å². The molecule has 0 amide bonds. The van der Waals surface area contributed by atoms with Crippen molar-refractivity contribution in [1.82, 2.24) is 9.97 Å². The zero-order valence-corrected chi connectivity index (χ0v) is 11.8. The molecular weight excluding hydrogens is 300 g/mol. The van der Waals surface area contributed by atoms with Crippen molar-refractivity contribution in [2.24, 2.45) is 0 Å². The predicted octanol–water partition coefficient (Wildman–Crippen LogP) is 3.34. The Morgan fingerprint density at radius 1 is 1.29 bits per heavy atom. The van der Waals surface area contributed by atoms with E-state index in [1.165, 1.54) is 4.88 Å². The van der Waals surface area contributed by atoms with Crippen LogP contribution in [0.4, 0.5) is 11.6 Å². The summed E-state index contributed by atoms with van der Waals surface area (Å²) < 4.78 is 1.14. The highest BCUT2D eigenvalue weighted by Crippen LogP contribution is 2.23. The normalized spacial score (nSPS) is 10.2. The summed E-state index contributed by atoms with van der Waals surface area (Å²) in [4.78, 5) is 9.56. The SMILES string of the molecule is CCNc1cc(NCc2sccc2Br)ncn1. The summed E-state index contributed by atoms with van der Waals surface area (Å²) in [5, 5.41) is 8.49. The van der Waals surface area contributed by atoms with Crippen LogP contribution in [-0.2, 0) is 6.54 Å². The van der Waals surface area contributed by atoms with Gasteiger partial charge in [0.1, 0.15) is 18.0 Å². The molecule has 6 heteroatoms. The number of nitrogens with zero attached hydrogens (tertiary/aromatic N) is 2. The monoisotopic (exact) mass is 312 g/mol. The molecule has 17 heavy (non-hydrogen) atoms. The van der Waals surface area contributed by atoms with Gasteiger partial charge in [-0.15, -0.1) is 11.3 Å². The standard InChI is InChI=1S/C11H13BrN4S/c1-2-13-10-5-11(16-7-15-10)14-6-9-8(12)3-4-17-9/h3-5,7H,2,6H2,1H3,(H2,13,14,15,16). The second kappa shape index (κ2) is 5.97. The number of rotatable bonds is 5. The second-order valence-corrected chi connectivity index (χ2v) is 5.22. The van der Waals surface area contributed by atoms with Crippen LogP contribution in [0.15, 0.2) is 28.3 Å². The smallest absolute Gasteiger partial charge is 0.131 e. The average Bonchev–Trinajstić information content (AvgIpc) is 2.73. The molecule has 0 spiro atoms. The van der Waals surface area contributed by atoms with Gasteiger partial charge in [-0.05, 0) is 34.3 Å². The Labute approximate surface area is 113 Å². The fraction of sp³-hybridized carbons (Fsp3) is 0.273. The fourth-order valence-electron chi connectivity index (χ4n) is 1.35. The molecule has 2 aromatic heterocycles. The van der Waals surface area contributed by atoms with Crippen molar-refractivity contribution in [3.63, 3.8) is 0 Å². The average molecular weight is 313 g/mol. The van der Waals surface area contributed by atoms with Gasteiger partial charge >= 0.3 is 0 Å². The summed E-state index contributed by atoms with van der Waals surface area (Å²) in [6, 6.07) is 3.96. The number of hydrogen-bond acceptors (Lipinski definition) is 5. The lowest BCUT2D eigenvalue weighted by molar-refractivity contribution is 1.08. The number of hydrogen-bond donors (Lipinski definition) is 2. The highest BCUT2D eigenvalue weighted by Gasteiger charge is 2.02. The minimum absolute atomic E-state index is 0.765. The van der Waals surface area contributed by atoms with E-state index in [1.807, 2.05) is 19.1 Å². The van der Waals surface area contributed by atoms with Gasteiger partial charge in [0.15, 0.2) is 0 Å². The Hall–Kier alpha value is -1.14. The van der Waals surface area contributed by atoms with Gasteiger partial charge in [-0.1, -0.05) is 0 Å². The Bertz CT molecular complexity index is 486. The summed E-state index contributed by atoms with van der Waals surface area (Å²) in [6.45, 7) is 3.66. The van der Waals surface area contributed by atoms with Crippen molar-refractivity contribution >= 4 is 38.9 Å². The molecule has 0 bridgehead atoms. The van der Waals surface area contributed by atoms with Crippen molar-refractivity contribution in [1.29, 1.82) is 0 Å². The van der Waals surface area contributed by atoms with E-state index in [4.69, 9.17) is 0 Å². The second-order valence-electron chi connectivity index (χ2n) is 3.36. The molecule has 0 saturated carbocycles. The number of nitrogens with one attached hydrogen (secondary N) is 2. The van der Waals surface area contributed by atoms with E-state index in [2.05, 4.69) is 41.9 Å². The topological polar surface area (TPSA) is 49.8 Å². The summed E-state index contributed by atoms with van der Waals surface area (Å²) in [6.07, 6.45) is 1.56. The summed E-state index contributed by atoms with van der Waals surface area (Å²) in [7, 11) is 0. The highest BCUT2D eigenvalue weighted by molar-refractivity contribution is 9.10. The Morgan fingerprint density at radius 3 is 2.71 bits per heavy atom. The third-order valence-electron chi connectivity index (χ3n) is 2.15. The van der Waals surface area contributed by atoms with Gasteiger partial charge in [0.25, 0.3) is 0 Å². The van der Waals surface area contributed by atoms with Gasteiger partial charge < -0.3 is 10.6 Å². The van der Waals surface area contributed by atoms with Gasteiger partial charge in [0.2, 0.25) is 0 Å². The minimum atomic E-state index is 0.765. The number of halogens is 1. The molecule has 0 unspecified atom stereocenters. The predicted molar refractivity (Wildman–Crippen MR) is 75.5 cm³/mol. The lowest BCUT2D eigenvalue weighted by atomic mass is 10.4. The van der Waals surface area contributed by atoms with E-state index in [0.717, 1.165) is 29.2 Å². The molecule has 4 nitrogen and oxygen atoms in total. The quantitative estimate of drug-likeness (QED) is 0.889. The molecule has 0 fully saturated rings. The first kappa shape index (κ1) is 12.3. The summed E-state index contributed by atoms with van der Waals surface area (Å²) in [5.41, 5.74) is 0. The number of aromatic nitrogens is 2. The maximum absolute atomic E-state index is 4.18. The molecular formula is C11H13BrN4S. The van der Waals surface area contributed by atoms with Crippen LogP contribution in [0.3, 0.4) is 0 Å². The maximum Gasteiger partial charge on any atom is 0.131 e. The first-order valence-corrected chi connectivity index (χ1v) is 6.98. The fourth-order valence-corrected chi connectivity index (χ4v) is 2.79. The van der Waals surface area contributed by atoms with Crippen molar-refractivity contribution in [2.75, 3.05) is 17.2 Å². The number of anilines is 2. The van der Waals surface area contributed by atoms with Gasteiger partial charge in [0, 0.05) is 22.0 Å². The molecule has 0 radical (unpaired) electrons. The molecule has 0 aromatic carbocycles. The van der Waals surface area contributed by atoms with E-state index in [1.54, 1.807) is 17.7 Å². The maximum atomic E-state index is 4.18. The highest BCUT2D eigenvalue weighted by atomic mass is 79.9. The third-order valence-corrected chi connectivity index (χ3v) is 4.07. The van der Waals surface area contributed by atoms with E-state index >= 15 is 0 Å². The summed E-state index contributed by atoms with van der Waals surface area (Å²) in [5.74, 6) is 1.67. The van der Waals surface area contributed by atoms with Crippen LogP contribution in [0, 0.1) is 0 Å². The molecule has 2 rings (SSSR count). The van der Waals surface area contributed by atoms with Crippen LogP contribution < -0.4 is 10.6 Å². The molecule has 2 aromatic rings. The van der Waals surface area contributed by atoms with Crippen molar-refractivity contribution in [3.8, 4) is 0 Å². The summed E-state index contributed by atoms with van der Waals surface area (Å²) >= 11 is 5.22. The van der Waals surface area contributed by atoms with E-state index < -0.39 is 0 Å². The molecule has 0 saturated heterocycles. The largest absolute Gasteiger partial charge is 0.370 e. The minimum Gasteiger partial charge on any atom is -0.370 e. The Morgan fingerprint density at radius 2 is 2.06 bits per heavy atom. The Balaban J connectivity index is 1.99. The number of thiophene rings is 1. The van der Waals surface area contributed by atoms with E-state index in [0.29, 0.717) is 0 Å². The van der Waals surface area contributed by atoms with Crippen molar-refractivity contribution in [2.45, 2.75) is 13.5 Å². The van der Waals surface area contributed by atoms with Crippen LogP contribution in [0.2, 0.25) is 0 Å². The van der Waals surface area contributed by atoms with Crippen LogP contribution in [0.25, 0.3) is 0 Å². The van der Waals surface area contributed by atoms with Crippen LogP contribution >= 0.6 is 27.3 Å². The first-order chi connectivity index (χ1) is 8.29. The van der Waals surface area contributed by atoms with Crippen LogP contribution in [-0.4, -0.2) is 16.5 Å². The van der Waals surface area contributed by atoms with E-state index in [9.17, 15) is 0 Å². The van der Waals surface area contributed by atoms with Gasteiger partial charge in [-0.3, -0.25) is 0 Å². The third kappa shape index (κ3) is 3.41. The lowest BCUT2D eigenvalue weighted by Gasteiger charge is -2.06. The molecule has 0 aliphatic rings.